The summed E-state index contributed by atoms with van der Waals surface area (Å²) in [5.41, 5.74) is 1.43. The third-order valence-corrected chi connectivity index (χ3v) is 3.51. The zero-order valence-corrected chi connectivity index (χ0v) is 10.9. The second-order valence-electron chi connectivity index (χ2n) is 4.93. The van der Waals surface area contributed by atoms with Crippen molar-refractivity contribution in [2.24, 2.45) is 0 Å². The molecule has 1 heterocycles. The highest BCUT2D eigenvalue weighted by molar-refractivity contribution is 5.19. The van der Waals surface area contributed by atoms with Crippen LogP contribution >= 0.6 is 0 Å². The molecule has 1 aliphatic rings. The number of hydrogen-bond acceptors (Lipinski definition) is 2. The van der Waals surface area contributed by atoms with Crippen LogP contribution in [0.5, 0.6) is 0 Å². The molecule has 1 fully saturated rings. The monoisotopic (exact) mass is 232 g/mol. The van der Waals surface area contributed by atoms with Crippen molar-refractivity contribution in [1.29, 1.82) is 0 Å². The lowest BCUT2D eigenvalue weighted by atomic mass is 10.1. The Bertz CT molecular complexity index is 310. The third kappa shape index (κ3) is 3.83. The number of hydrogen-bond donors (Lipinski definition) is 1. The summed E-state index contributed by atoms with van der Waals surface area (Å²) in [5.74, 6) is 0. The largest absolute Gasteiger partial charge is 0.309 e. The maximum atomic E-state index is 3.66. The average molecular weight is 232 g/mol. The van der Waals surface area contributed by atoms with Gasteiger partial charge in [-0.25, -0.2) is 0 Å². The SMILES string of the molecule is CCCCN1CCCNC(c2ccccc2)C1. The maximum Gasteiger partial charge on any atom is 0.0449 e. The van der Waals surface area contributed by atoms with Crippen LogP contribution in [0.4, 0.5) is 0 Å². The first-order valence-corrected chi connectivity index (χ1v) is 6.91. The Kier molecular flexibility index (Phi) is 5.02. The molecule has 2 nitrogen and oxygen atoms in total. The summed E-state index contributed by atoms with van der Waals surface area (Å²) in [7, 11) is 0. The number of nitrogens with one attached hydrogen (secondary N) is 1. The van der Waals surface area contributed by atoms with Crippen LogP contribution in [0.3, 0.4) is 0 Å². The second kappa shape index (κ2) is 6.77. The fourth-order valence-electron chi connectivity index (χ4n) is 2.49. The number of benzene rings is 1. The minimum Gasteiger partial charge on any atom is -0.309 e. The molecule has 0 amide bonds. The van der Waals surface area contributed by atoms with Crippen LogP contribution in [0.2, 0.25) is 0 Å². The van der Waals surface area contributed by atoms with Gasteiger partial charge in [0.15, 0.2) is 0 Å². The van der Waals surface area contributed by atoms with E-state index in [0.29, 0.717) is 6.04 Å². The lowest BCUT2D eigenvalue weighted by Gasteiger charge is -2.24. The zero-order chi connectivity index (χ0) is 11.9. The molecule has 2 heteroatoms. The van der Waals surface area contributed by atoms with Crippen LogP contribution in [-0.4, -0.2) is 31.1 Å². The van der Waals surface area contributed by atoms with Crippen molar-refractivity contribution in [3.05, 3.63) is 35.9 Å². The molecule has 1 atom stereocenters. The molecule has 0 bridgehead atoms. The summed E-state index contributed by atoms with van der Waals surface area (Å²) in [6.07, 6.45) is 3.88. The molecule has 94 valence electrons. The topological polar surface area (TPSA) is 15.3 Å². The van der Waals surface area contributed by atoms with E-state index in [0.717, 1.165) is 13.1 Å². The van der Waals surface area contributed by atoms with Crippen molar-refractivity contribution in [3.63, 3.8) is 0 Å². The fourth-order valence-corrected chi connectivity index (χ4v) is 2.49. The number of unbranched alkanes of at least 4 members (excludes halogenated alkanes) is 1. The third-order valence-electron chi connectivity index (χ3n) is 3.51. The van der Waals surface area contributed by atoms with Gasteiger partial charge in [0.2, 0.25) is 0 Å². The Morgan fingerprint density at radius 2 is 2.12 bits per heavy atom. The Hall–Kier alpha value is -0.860. The first-order valence-electron chi connectivity index (χ1n) is 6.91. The summed E-state index contributed by atoms with van der Waals surface area (Å²) in [6, 6.07) is 11.4. The molecular weight excluding hydrogens is 208 g/mol. The van der Waals surface area contributed by atoms with Gasteiger partial charge in [-0.3, -0.25) is 0 Å². The molecule has 0 aromatic heterocycles. The quantitative estimate of drug-likeness (QED) is 0.858. The molecule has 1 unspecified atom stereocenters. The van der Waals surface area contributed by atoms with Gasteiger partial charge in [0.05, 0.1) is 0 Å². The van der Waals surface area contributed by atoms with E-state index in [1.54, 1.807) is 0 Å². The predicted octanol–water partition coefficient (Wildman–Crippen LogP) is 2.82. The Morgan fingerprint density at radius 1 is 1.29 bits per heavy atom. The first-order chi connectivity index (χ1) is 8.40. The number of nitrogens with zero attached hydrogens (tertiary/aromatic N) is 1. The predicted molar refractivity (Wildman–Crippen MR) is 73.2 cm³/mol. The minimum absolute atomic E-state index is 0.510. The first kappa shape index (κ1) is 12.6. The van der Waals surface area contributed by atoms with Crippen molar-refractivity contribution in [1.82, 2.24) is 10.2 Å². The van der Waals surface area contributed by atoms with Crippen molar-refractivity contribution < 1.29 is 0 Å². The van der Waals surface area contributed by atoms with Crippen molar-refractivity contribution >= 4 is 0 Å². The fraction of sp³-hybridized carbons (Fsp3) is 0.600. The molecule has 1 aliphatic heterocycles. The molecule has 1 N–H and O–H groups in total. The van der Waals surface area contributed by atoms with Gasteiger partial charge in [-0.15, -0.1) is 0 Å². The lowest BCUT2D eigenvalue weighted by Crippen LogP contribution is -2.32. The van der Waals surface area contributed by atoms with Crippen LogP contribution in [-0.2, 0) is 0 Å². The van der Waals surface area contributed by atoms with Crippen LogP contribution in [0, 0.1) is 0 Å². The van der Waals surface area contributed by atoms with Crippen LogP contribution in [0.1, 0.15) is 37.8 Å². The highest BCUT2D eigenvalue weighted by Gasteiger charge is 2.18. The smallest absolute Gasteiger partial charge is 0.0449 e. The van der Waals surface area contributed by atoms with Gasteiger partial charge < -0.3 is 10.2 Å². The van der Waals surface area contributed by atoms with Gasteiger partial charge in [-0.2, -0.15) is 0 Å². The van der Waals surface area contributed by atoms with Crippen molar-refractivity contribution in [2.75, 3.05) is 26.2 Å². The van der Waals surface area contributed by atoms with Crippen molar-refractivity contribution in [3.8, 4) is 0 Å². The highest BCUT2D eigenvalue weighted by Crippen LogP contribution is 2.17. The van der Waals surface area contributed by atoms with Gasteiger partial charge in [0.25, 0.3) is 0 Å². The van der Waals surface area contributed by atoms with Gasteiger partial charge in [0, 0.05) is 12.6 Å². The Labute approximate surface area is 105 Å². The molecule has 0 spiro atoms. The lowest BCUT2D eigenvalue weighted by molar-refractivity contribution is 0.265. The van der Waals surface area contributed by atoms with E-state index < -0.39 is 0 Å². The summed E-state index contributed by atoms with van der Waals surface area (Å²) >= 11 is 0. The molecule has 1 aromatic rings. The standard InChI is InChI=1S/C15H24N2/c1-2-3-11-17-12-7-10-16-15(13-17)14-8-5-4-6-9-14/h4-6,8-9,15-16H,2-3,7,10-13H2,1H3. The van der Waals surface area contributed by atoms with Gasteiger partial charge >= 0.3 is 0 Å². The summed E-state index contributed by atoms with van der Waals surface area (Å²) < 4.78 is 0. The Morgan fingerprint density at radius 3 is 2.88 bits per heavy atom. The summed E-state index contributed by atoms with van der Waals surface area (Å²) in [4.78, 5) is 2.61. The highest BCUT2D eigenvalue weighted by atomic mass is 15.2. The maximum absolute atomic E-state index is 3.66. The van der Waals surface area contributed by atoms with Crippen molar-refractivity contribution in [2.45, 2.75) is 32.2 Å². The van der Waals surface area contributed by atoms with Crippen LogP contribution in [0.25, 0.3) is 0 Å². The average Bonchev–Trinajstić information content (AvgIpc) is 2.63. The summed E-state index contributed by atoms with van der Waals surface area (Å²) in [5, 5.41) is 3.66. The van der Waals surface area contributed by atoms with E-state index in [2.05, 4.69) is 47.5 Å². The minimum atomic E-state index is 0.510. The molecule has 17 heavy (non-hydrogen) atoms. The zero-order valence-electron chi connectivity index (χ0n) is 10.9. The van der Waals surface area contributed by atoms with E-state index in [4.69, 9.17) is 0 Å². The van der Waals surface area contributed by atoms with E-state index >= 15 is 0 Å². The van der Waals surface area contributed by atoms with E-state index in [1.165, 1.54) is 37.9 Å². The molecule has 1 aromatic carbocycles. The van der Waals surface area contributed by atoms with E-state index in [-0.39, 0.29) is 0 Å². The second-order valence-corrected chi connectivity index (χ2v) is 4.93. The van der Waals surface area contributed by atoms with Gasteiger partial charge in [-0.1, -0.05) is 43.7 Å². The van der Waals surface area contributed by atoms with Crippen LogP contribution in [0.15, 0.2) is 30.3 Å². The van der Waals surface area contributed by atoms with Crippen LogP contribution < -0.4 is 5.32 Å². The molecule has 0 radical (unpaired) electrons. The molecule has 0 saturated carbocycles. The van der Waals surface area contributed by atoms with Gasteiger partial charge in [0.1, 0.15) is 0 Å². The summed E-state index contributed by atoms with van der Waals surface area (Å²) in [6.45, 7) is 7.06. The number of rotatable bonds is 4. The van der Waals surface area contributed by atoms with E-state index in [1.807, 2.05) is 0 Å². The normalized spacial score (nSPS) is 22.3. The Balaban J connectivity index is 1.97. The molecule has 1 saturated heterocycles. The molecule has 0 aliphatic carbocycles. The van der Waals surface area contributed by atoms with Gasteiger partial charge in [-0.05, 0) is 38.0 Å². The molecule has 2 rings (SSSR count). The van der Waals surface area contributed by atoms with E-state index in [9.17, 15) is 0 Å². The molecular formula is C15H24N2.